The van der Waals surface area contributed by atoms with Crippen LogP contribution in [0.3, 0.4) is 0 Å². The molecule has 1 heterocycles. The Kier molecular flexibility index (Phi) is 4.94. The summed E-state index contributed by atoms with van der Waals surface area (Å²) in [7, 11) is 0. The van der Waals surface area contributed by atoms with Crippen molar-refractivity contribution in [3.05, 3.63) is 11.4 Å². The fraction of sp³-hybridized carbons (Fsp3) is 0.700. The van der Waals surface area contributed by atoms with Gasteiger partial charge in [0.1, 0.15) is 0 Å². The maximum atomic E-state index is 4.30. The van der Waals surface area contributed by atoms with Crippen molar-refractivity contribution in [2.45, 2.75) is 38.4 Å². The molecule has 0 radical (unpaired) electrons. The normalized spacial score (nSPS) is 12.5. The van der Waals surface area contributed by atoms with E-state index in [1.807, 2.05) is 13.8 Å². The first-order chi connectivity index (χ1) is 7.13. The molecule has 0 spiro atoms. The van der Waals surface area contributed by atoms with Crippen LogP contribution in [0.15, 0.2) is 0 Å². The van der Waals surface area contributed by atoms with Crippen LogP contribution in [0.25, 0.3) is 0 Å². The Hall–Kier alpha value is -0.710. The molecule has 0 fully saturated rings. The maximum absolute atomic E-state index is 4.30. The highest BCUT2D eigenvalue weighted by molar-refractivity contribution is 9.09. The molecule has 0 aliphatic rings. The quantitative estimate of drug-likeness (QED) is 0.837. The first kappa shape index (κ1) is 12.4. The molecule has 0 saturated heterocycles. The average Bonchev–Trinajstić information content (AvgIpc) is 2.23. The summed E-state index contributed by atoms with van der Waals surface area (Å²) in [4.78, 5) is 4.86. The van der Waals surface area contributed by atoms with Gasteiger partial charge in [0.25, 0.3) is 0 Å². The summed E-state index contributed by atoms with van der Waals surface area (Å²) in [6.07, 6.45) is 2.19. The maximum Gasteiger partial charge on any atom is 0.242 e. The van der Waals surface area contributed by atoms with Crippen molar-refractivity contribution in [2.75, 3.05) is 11.9 Å². The van der Waals surface area contributed by atoms with Crippen LogP contribution < -0.4 is 5.32 Å². The minimum absolute atomic E-state index is 0.560. The van der Waals surface area contributed by atoms with Crippen molar-refractivity contribution in [1.82, 2.24) is 15.2 Å². The Morgan fingerprint density at radius 2 is 2.00 bits per heavy atom. The van der Waals surface area contributed by atoms with Gasteiger partial charge in [0.05, 0.1) is 11.4 Å². The van der Waals surface area contributed by atoms with E-state index in [1.54, 1.807) is 0 Å². The molecule has 0 aromatic carbocycles. The first-order valence-corrected chi connectivity index (χ1v) is 6.11. The molecule has 1 atom stereocenters. The molecule has 1 aromatic heterocycles. The van der Waals surface area contributed by atoms with Crippen LogP contribution in [-0.4, -0.2) is 26.6 Å². The molecule has 84 valence electrons. The molecule has 15 heavy (non-hydrogen) atoms. The highest BCUT2D eigenvalue weighted by Gasteiger charge is 2.03. The van der Waals surface area contributed by atoms with E-state index in [0.29, 0.717) is 10.8 Å². The van der Waals surface area contributed by atoms with Gasteiger partial charge < -0.3 is 5.32 Å². The minimum Gasteiger partial charge on any atom is -0.353 e. The third kappa shape index (κ3) is 4.11. The Morgan fingerprint density at radius 3 is 2.60 bits per heavy atom. The molecular formula is C10H17BrN4. The number of aromatic nitrogens is 3. The SMILES string of the molecule is CCC(Br)CCNc1nnc(C)c(C)n1. The van der Waals surface area contributed by atoms with Gasteiger partial charge in [-0.05, 0) is 26.7 Å². The van der Waals surface area contributed by atoms with E-state index in [0.717, 1.165) is 30.8 Å². The number of nitrogens with zero attached hydrogens (tertiary/aromatic N) is 3. The molecule has 5 heteroatoms. The van der Waals surface area contributed by atoms with E-state index in [1.165, 1.54) is 0 Å². The van der Waals surface area contributed by atoms with Crippen LogP contribution in [0.2, 0.25) is 0 Å². The highest BCUT2D eigenvalue weighted by Crippen LogP contribution is 2.09. The van der Waals surface area contributed by atoms with Crippen molar-refractivity contribution in [3.8, 4) is 0 Å². The van der Waals surface area contributed by atoms with Crippen molar-refractivity contribution in [1.29, 1.82) is 0 Å². The summed E-state index contributed by atoms with van der Waals surface area (Å²) in [5, 5.41) is 11.1. The fourth-order valence-corrected chi connectivity index (χ4v) is 1.31. The summed E-state index contributed by atoms with van der Waals surface area (Å²) < 4.78 is 0. The number of hydrogen-bond donors (Lipinski definition) is 1. The average molecular weight is 273 g/mol. The van der Waals surface area contributed by atoms with E-state index >= 15 is 0 Å². The summed E-state index contributed by atoms with van der Waals surface area (Å²) in [5.74, 6) is 0.619. The van der Waals surface area contributed by atoms with Gasteiger partial charge in [0.2, 0.25) is 5.95 Å². The number of halogens is 1. The first-order valence-electron chi connectivity index (χ1n) is 5.19. The monoisotopic (exact) mass is 272 g/mol. The second-order valence-electron chi connectivity index (χ2n) is 3.53. The second-order valence-corrected chi connectivity index (χ2v) is 4.82. The molecule has 0 saturated carbocycles. The molecule has 1 N–H and O–H groups in total. The van der Waals surface area contributed by atoms with Crippen LogP contribution in [-0.2, 0) is 0 Å². The Bertz CT molecular complexity index is 316. The van der Waals surface area contributed by atoms with Crippen LogP contribution in [0.1, 0.15) is 31.2 Å². The predicted octanol–water partition coefficient (Wildman–Crippen LogP) is 2.46. The lowest BCUT2D eigenvalue weighted by molar-refractivity contribution is 0.765. The van der Waals surface area contributed by atoms with Gasteiger partial charge in [-0.2, -0.15) is 5.10 Å². The molecule has 0 bridgehead atoms. The van der Waals surface area contributed by atoms with Crippen LogP contribution >= 0.6 is 15.9 Å². The van der Waals surface area contributed by atoms with E-state index in [4.69, 9.17) is 0 Å². The number of hydrogen-bond acceptors (Lipinski definition) is 4. The zero-order valence-electron chi connectivity index (χ0n) is 9.42. The minimum atomic E-state index is 0.560. The topological polar surface area (TPSA) is 50.7 Å². The van der Waals surface area contributed by atoms with Gasteiger partial charge >= 0.3 is 0 Å². The molecular weight excluding hydrogens is 256 g/mol. The summed E-state index contributed by atoms with van der Waals surface area (Å²) in [5.41, 5.74) is 1.81. The lowest BCUT2D eigenvalue weighted by atomic mass is 10.2. The zero-order chi connectivity index (χ0) is 11.3. The van der Waals surface area contributed by atoms with E-state index in [-0.39, 0.29) is 0 Å². The van der Waals surface area contributed by atoms with E-state index in [9.17, 15) is 0 Å². The molecule has 1 unspecified atom stereocenters. The van der Waals surface area contributed by atoms with E-state index < -0.39 is 0 Å². The summed E-state index contributed by atoms with van der Waals surface area (Å²) in [6, 6.07) is 0. The lowest BCUT2D eigenvalue weighted by Gasteiger charge is -2.08. The van der Waals surface area contributed by atoms with Crippen molar-refractivity contribution < 1.29 is 0 Å². The Morgan fingerprint density at radius 1 is 1.27 bits per heavy atom. The Balaban J connectivity index is 2.41. The van der Waals surface area contributed by atoms with Gasteiger partial charge in [0, 0.05) is 11.4 Å². The van der Waals surface area contributed by atoms with Crippen molar-refractivity contribution >= 4 is 21.9 Å². The molecule has 1 rings (SSSR count). The highest BCUT2D eigenvalue weighted by atomic mass is 79.9. The third-order valence-corrected chi connectivity index (χ3v) is 3.38. The number of rotatable bonds is 5. The van der Waals surface area contributed by atoms with Gasteiger partial charge in [-0.15, -0.1) is 5.10 Å². The summed E-state index contributed by atoms with van der Waals surface area (Å²) in [6.45, 7) is 6.88. The number of alkyl halides is 1. The predicted molar refractivity (Wildman–Crippen MR) is 65.4 cm³/mol. The molecule has 0 aliphatic carbocycles. The lowest BCUT2D eigenvalue weighted by Crippen LogP contribution is -2.11. The summed E-state index contributed by atoms with van der Waals surface area (Å²) >= 11 is 3.58. The molecule has 0 amide bonds. The van der Waals surface area contributed by atoms with Gasteiger partial charge in [-0.25, -0.2) is 4.98 Å². The van der Waals surface area contributed by atoms with Crippen LogP contribution in [0, 0.1) is 13.8 Å². The van der Waals surface area contributed by atoms with Crippen molar-refractivity contribution in [2.24, 2.45) is 0 Å². The van der Waals surface area contributed by atoms with Crippen molar-refractivity contribution in [3.63, 3.8) is 0 Å². The second kappa shape index (κ2) is 6.00. The fourth-order valence-electron chi connectivity index (χ4n) is 1.08. The van der Waals surface area contributed by atoms with Gasteiger partial charge in [-0.1, -0.05) is 22.9 Å². The van der Waals surface area contributed by atoms with Gasteiger partial charge in [-0.3, -0.25) is 0 Å². The molecule has 1 aromatic rings. The smallest absolute Gasteiger partial charge is 0.242 e. The standard InChI is InChI=1S/C10H17BrN4/c1-4-9(11)5-6-12-10-13-7(2)8(3)14-15-10/h9H,4-6H2,1-3H3,(H,12,13,15). The van der Waals surface area contributed by atoms with E-state index in [2.05, 4.69) is 43.4 Å². The molecule has 0 aliphatic heterocycles. The number of nitrogens with one attached hydrogen (secondary N) is 1. The third-order valence-electron chi connectivity index (χ3n) is 2.28. The Labute approximate surface area is 99.0 Å². The van der Waals surface area contributed by atoms with Crippen LogP contribution in [0.4, 0.5) is 5.95 Å². The number of anilines is 1. The largest absolute Gasteiger partial charge is 0.353 e. The zero-order valence-corrected chi connectivity index (χ0v) is 11.0. The number of aryl methyl sites for hydroxylation is 2. The van der Waals surface area contributed by atoms with Crippen LogP contribution in [0.5, 0.6) is 0 Å². The molecule has 4 nitrogen and oxygen atoms in total. The van der Waals surface area contributed by atoms with Gasteiger partial charge in [0.15, 0.2) is 0 Å².